The Kier molecular flexibility index (Phi) is 5.08. The minimum atomic E-state index is -0.681. The molecular weight excluding hydrogens is 206 g/mol. The number of hydrogen-bond acceptors (Lipinski definition) is 4. The van der Waals surface area contributed by atoms with Crippen molar-refractivity contribution in [1.29, 1.82) is 0 Å². The normalized spacial score (nSPS) is 12.2. The molecule has 0 saturated heterocycles. The van der Waals surface area contributed by atoms with Gasteiger partial charge in [0.15, 0.2) is 0 Å². The highest BCUT2D eigenvalue weighted by atomic mass is 16.5. The van der Waals surface area contributed by atoms with Gasteiger partial charge in [-0.1, -0.05) is 0 Å². The average Bonchev–Trinajstić information content (AvgIpc) is 2.28. The van der Waals surface area contributed by atoms with Crippen LogP contribution in [0.2, 0.25) is 0 Å². The zero-order valence-electron chi connectivity index (χ0n) is 9.77. The summed E-state index contributed by atoms with van der Waals surface area (Å²) in [6.07, 6.45) is -0.681. The molecule has 4 nitrogen and oxygen atoms in total. The van der Waals surface area contributed by atoms with Gasteiger partial charge in [-0.25, -0.2) is 0 Å². The first-order valence-corrected chi connectivity index (χ1v) is 5.50. The van der Waals surface area contributed by atoms with Gasteiger partial charge in [-0.2, -0.15) is 0 Å². The van der Waals surface area contributed by atoms with Crippen molar-refractivity contribution in [2.75, 3.05) is 19.8 Å². The van der Waals surface area contributed by atoms with E-state index in [1.807, 2.05) is 13.8 Å². The summed E-state index contributed by atoms with van der Waals surface area (Å²) in [5.74, 6) is 1.38. The molecule has 0 aliphatic rings. The van der Waals surface area contributed by atoms with Gasteiger partial charge in [0.1, 0.15) is 11.5 Å². The molecule has 90 valence electrons. The van der Waals surface area contributed by atoms with E-state index in [9.17, 15) is 5.11 Å². The Morgan fingerprint density at radius 1 is 1.12 bits per heavy atom. The lowest BCUT2D eigenvalue weighted by Gasteiger charge is -2.13. The van der Waals surface area contributed by atoms with Crippen molar-refractivity contribution in [2.24, 2.45) is 5.73 Å². The Balaban J connectivity index is 2.97. The van der Waals surface area contributed by atoms with Crippen molar-refractivity contribution in [3.05, 3.63) is 23.8 Å². The maximum atomic E-state index is 9.68. The molecule has 0 aromatic heterocycles. The predicted molar refractivity (Wildman–Crippen MR) is 62.8 cm³/mol. The van der Waals surface area contributed by atoms with Gasteiger partial charge in [0, 0.05) is 12.6 Å². The maximum Gasteiger partial charge on any atom is 0.123 e. The number of hydrogen-bond donors (Lipinski definition) is 2. The van der Waals surface area contributed by atoms with Crippen molar-refractivity contribution < 1.29 is 14.6 Å². The second kappa shape index (κ2) is 6.35. The first-order valence-electron chi connectivity index (χ1n) is 5.50. The molecule has 16 heavy (non-hydrogen) atoms. The van der Waals surface area contributed by atoms with Crippen LogP contribution < -0.4 is 15.2 Å². The number of rotatable bonds is 6. The molecule has 1 aromatic rings. The second-order valence-corrected chi connectivity index (χ2v) is 3.36. The van der Waals surface area contributed by atoms with Crippen LogP contribution in [0.25, 0.3) is 0 Å². The zero-order valence-corrected chi connectivity index (χ0v) is 9.77. The Labute approximate surface area is 96.0 Å². The first-order chi connectivity index (χ1) is 7.71. The Hall–Kier alpha value is -1.26. The van der Waals surface area contributed by atoms with Crippen LogP contribution in [0.4, 0.5) is 0 Å². The van der Waals surface area contributed by atoms with E-state index in [1.165, 1.54) is 0 Å². The Morgan fingerprint density at radius 2 is 1.62 bits per heavy atom. The maximum absolute atomic E-state index is 9.68. The molecular formula is C12H19NO3. The van der Waals surface area contributed by atoms with Crippen LogP contribution in [0.15, 0.2) is 18.2 Å². The summed E-state index contributed by atoms with van der Waals surface area (Å²) in [5, 5.41) is 9.68. The summed E-state index contributed by atoms with van der Waals surface area (Å²) < 4.78 is 10.8. The number of nitrogens with two attached hydrogens (primary N) is 1. The number of ether oxygens (including phenoxy) is 2. The van der Waals surface area contributed by atoms with E-state index in [-0.39, 0.29) is 6.54 Å². The predicted octanol–water partition coefficient (Wildman–Crippen LogP) is 1.48. The van der Waals surface area contributed by atoms with Crippen LogP contribution in [0.1, 0.15) is 25.5 Å². The van der Waals surface area contributed by atoms with Gasteiger partial charge in [-0.3, -0.25) is 0 Å². The van der Waals surface area contributed by atoms with Crippen molar-refractivity contribution in [3.8, 4) is 11.5 Å². The van der Waals surface area contributed by atoms with E-state index < -0.39 is 6.10 Å². The van der Waals surface area contributed by atoms with Gasteiger partial charge >= 0.3 is 0 Å². The Morgan fingerprint density at radius 3 is 2.00 bits per heavy atom. The minimum Gasteiger partial charge on any atom is -0.494 e. The molecule has 0 saturated carbocycles. The second-order valence-electron chi connectivity index (χ2n) is 3.36. The van der Waals surface area contributed by atoms with Gasteiger partial charge in [0.2, 0.25) is 0 Å². The highest BCUT2D eigenvalue weighted by Crippen LogP contribution is 2.26. The lowest BCUT2D eigenvalue weighted by atomic mass is 10.1. The fourth-order valence-corrected chi connectivity index (χ4v) is 1.42. The fourth-order valence-electron chi connectivity index (χ4n) is 1.42. The summed E-state index contributed by atoms with van der Waals surface area (Å²) in [7, 11) is 0. The van der Waals surface area contributed by atoms with Gasteiger partial charge < -0.3 is 20.3 Å². The third-order valence-corrected chi connectivity index (χ3v) is 2.13. The third-order valence-electron chi connectivity index (χ3n) is 2.13. The number of benzene rings is 1. The SMILES string of the molecule is CCOc1cc(OCC)cc([C@@H](O)CN)c1. The number of aliphatic hydroxyl groups excluding tert-OH is 1. The van der Waals surface area contributed by atoms with Crippen LogP contribution in [0, 0.1) is 0 Å². The monoisotopic (exact) mass is 225 g/mol. The third kappa shape index (κ3) is 3.40. The highest BCUT2D eigenvalue weighted by molar-refractivity contribution is 5.39. The van der Waals surface area contributed by atoms with Crippen LogP contribution in [-0.4, -0.2) is 24.9 Å². The molecule has 0 fully saturated rings. The van der Waals surface area contributed by atoms with Crippen molar-refractivity contribution >= 4 is 0 Å². The lowest BCUT2D eigenvalue weighted by Crippen LogP contribution is -2.12. The van der Waals surface area contributed by atoms with E-state index in [0.717, 1.165) is 5.56 Å². The van der Waals surface area contributed by atoms with Crippen LogP contribution in [-0.2, 0) is 0 Å². The Bertz CT molecular complexity index is 304. The van der Waals surface area contributed by atoms with Gasteiger partial charge in [-0.15, -0.1) is 0 Å². The van der Waals surface area contributed by atoms with E-state index in [4.69, 9.17) is 15.2 Å². The molecule has 0 aliphatic carbocycles. The van der Waals surface area contributed by atoms with Crippen LogP contribution >= 0.6 is 0 Å². The fraction of sp³-hybridized carbons (Fsp3) is 0.500. The largest absolute Gasteiger partial charge is 0.494 e. The summed E-state index contributed by atoms with van der Waals surface area (Å²) in [6, 6.07) is 5.37. The van der Waals surface area contributed by atoms with Crippen LogP contribution in [0.3, 0.4) is 0 Å². The topological polar surface area (TPSA) is 64.7 Å². The van der Waals surface area contributed by atoms with Gasteiger partial charge in [0.25, 0.3) is 0 Å². The molecule has 3 N–H and O–H groups in total. The smallest absolute Gasteiger partial charge is 0.123 e. The van der Waals surface area contributed by atoms with E-state index in [0.29, 0.717) is 24.7 Å². The molecule has 0 aliphatic heterocycles. The standard InChI is InChI=1S/C12H19NO3/c1-3-15-10-5-9(12(14)8-13)6-11(7-10)16-4-2/h5-7,12,14H,3-4,8,13H2,1-2H3/t12-/m0/s1. The minimum absolute atomic E-state index is 0.182. The van der Waals surface area contributed by atoms with Crippen LogP contribution in [0.5, 0.6) is 11.5 Å². The van der Waals surface area contributed by atoms with Gasteiger partial charge in [-0.05, 0) is 31.5 Å². The summed E-state index contributed by atoms with van der Waals surface area (Å²) in [5.41, 5.74) is 6.14. The van der Waals surface area contributed by atoms with E-state index >= 15 is 0 Å². The molecule has 0 bridgehead atoms. The molecule has 0 heterocycles. The summed E-state index contributed by atoms with van der Waals surface area (Å²) >= 11 is 0. The molecule has 1 rings (SSSR count). The molecule has 0 spiro atoms. The molecule has 0 unspecified atom stereocenters. The van der Waals surface area contributed by atoms with E-state index in [2.05, 4.69) is 0 Å². The molecule has 1 atom stereocenters. The molecule has 1 aromatic carbocycles. The zero-order chi connectivity index (χ0) is 12.0. The average molecular weight is 225 g/mol. The number of aliphatic hydroxyl groups is 1. The molecule has 0 amide bonds. The van der Waals surface area contributed by atoms with Crippen molar-refractivity contribution in [1.82, 2.24) is 0 Å². The van der Waals surface area contributed by atoms with Crippen molar-refractivity contribution in [2.45, 2.75) is 20.0 Å². The van der Waals surface area contributed by atoms with E-state index in [1.54, 1.807) is 18.2 Å². The van der Waals surface area contributed by atoms with Crippen molar-refractivity contribution in [3.63, 3.8) is 0 Å². The lowest BCUT2D eigenvalue weighted by molar-refractivity contribution is 0.185. The molecule has 4 heteroatoms. The highest BCUT2D eigenvalue weighted by Gasteiger charge is 2.09. The van der Waals surface area contributed by atoms with Gasteiger partial charge in [0.05, 0.1) is 19.3 Å². The first kappa shape index (κ1) is 12.8. The summed E-state index contributed by atoms with van der Waals surface area (Å²) in [4.78, 5) is 0. The summed E-state index contributed by atoms with van der Waals surface area (Å²) in [6.45, 7) is 5.15. The quantitative estimate of drug-likeness (QED) is 0.769. The molecule has 0 radical (unpaired) electrons.